The molecule has 0 bridgehead atoms. The van der Waals surface area contributed by atoms with Crippen LogP contribution in [0, 0.1) is 17.2 Å². The first-order chi connectivity index (χ1) is 9.29. The van der Waals surface area contributed by atoms with Crippen LogP contribution in [-0.4, -0.2) is 32.4 Å². The summed E-state index contributed by atoms with van der Waals surface area (Å²) in [6.07, 6.45) is 0. The molecule has 0 fully saturated rings. The van der Waals surface area contributed by atoms with Crippen LogP contribution in [-0.2, 0) is 20.4 Å². The highest BCUT2D eigenvalue weighted by Crippen LogP contribution is 2.20. The summed E-state index contributed by atoms with van der Waals surface area (Å²) in [5.74, 6) is -2.48. The fourth-order valence-electron chi connectivity index (χ4n) is 1.70. The number of methoxy groups -OCH3 is 1. The molecule has 0 amide bonds. The molecule has 1 aromatic rings. The van der Waals surface area contributed by atoms with Crippen LogP contribution in [0.2, 0.25) is 0 Å². The molecule has 1 atom stereocenters. The Hall–Kier alpha value is -2.07. The van der Waals surface area contributed by atoms with Gasteiger partial charge in [-0.15, -0.1) is 0 Å². The highest BCUT2D eigenvalue weighted by atomic mass is 32.2. The summed E-state index contributed by atoms with van der Waals surface area (Å²) in [5, 5.41) is 17.7. The summed E-state index contributed by atoms with van der Waals surface area (Å²) < 4.78 is 28.8. The van der Waals surface area contributed by atoms with Gasteiger partial charge in [0.1, 0.15) is 11.8 Å². The molecule has 1 N–H and O–H groups in total. The Morgan fingerprint density at radius 2 is 2.15 bits per heavy atom. The predicted octanol–water partition coefficient (Wildman–Crippen LogP) is 1.20. The second kappa shape index (κ2) is 6.39. The molecule has 0 aliphatic carbocycles. The molecular formula is C13H15NO5S. The number of aliphatic carboxylic acids is 1. The molecule has 0 spiro atoms. The standard InChI is InChI=1S/C13H15NO5S/c1-9(13(15)16)7-20(17,18)8-10-3-4-12(19-2)11(5-10)6-14/h3-5,9H,7-8H2,1-2H3,(H,15,16). The Morgan fingerprint density at radius 3 is 2.65 bits per heavy atom. The summed E-state index contributed by atoms with van der Waals surface area (Å²) in [7, 11) is -2.14. The molecule has 1 unspecified atom stereocenters. The Morgan fingerprint density at radius 1 is 1.50 bits per heavy atom. The van der Waals surface area contributed by atoms with Gasteiger partial charge in [-0.3, -0.25) is 4.79 Å². The van der Waals surface area contributed by atoms with Gasteiger partial charge in [0.05, 0.1) is 30.1 Å². The Balaban J connectivity index is 2.93. The van der Waals surface area contributed by atoms with Crippen LogP contribution in [0.15, 0.2) is 18.2 Å². The number of carboxylic acid groups (broad SMARTS) is 1. The van der Waals surface area contributed by atoms with E-state index in [9.17, 15) is 13.2 Å². The fourth-order valence-corrected chi connectivity index (χ4v) is 3.41. The minimum absolute atomic E-state index is 0.242. The highest BCUT2D eigenvalue weighted by Gasteiger charge is 2.21. The molecule has 0 aliphatic rings. The highest BCUT2D eigenvalue weighted by molar-refractivity contribution is 7.90. The van der Waals surface area contributed by atoms with Crippen molar-refractivity contribution < 1.29 is 23.1 Å². The van der Waals surface area contributed by atoms with E-state index >= 15 is 0 Å². The van der Waals surface area contributed by atoms with Gasteiger partial charge in [-0.2, -0.15) is 5.26 Å². The third-order valence-corrected chi connectivity index (χ3v) is 4.48. The lowest BCUT2D eigenvalue weighted by atomic mass is 10.1. The molecule has 6 nitrogen and oxygen atoms in total. The minimum Gasteiger partial charge on any atom is -0.495 e. The molecule has 1 rings (SSSR count). The van der Waals surface area contributed by atoms with Gasteiger partial charge in [0.2, 0.25) is 0 Å². The molecule has 0 radical (unpaired) electrons. The number of hydrogen-bond donors (Lipinski definition) is 1. The molecule has 20 heavy (non-hydrogen) atoms. The van der Waals surface area contributed by atoms with Crippen molar-refractivity contribution in [2.75, 3.05) is 12.9 Å². The van der Waals surface area contributed by atoms with E-state index in [0.717, 1.165) is 0 Å². The van der Waals surface area contributed by atoms with Crippen molar-refractivity contribution in [1.29, 1.82) is 5.26 Å². The summed E-state index contributed by atoms with van der Waals surface area (Å²) in [4.78, 5) is 10.7. The van der Waals surface area contributed by atoms with Gasteiger partial charge in [0.25, 0.3) is 0 Å². The van der Waals surface area contributed by atoms with Crippen molar-refractivity contribution in [1.82, 2.24) is 0 Å². The molecule has 0 heterocycles. The SMILES string of the molecule is COc1ccc(CS(=O)(=O)CC(C)C(=O)O)cc1C#N. The number of carbonyl (C=O) groups is 1. The van der Waals surface area contributed by atoms with Crippen LogP contribution in [0.25, 0.3) is 0 Å². The van der Waals surface area contributed by atoms with Crippen LogP contribution in [0.3, 0.4) is 0 Å². The van der Waals surface area contributed by atoms with E-state index in [0.29, 0.717) is 11.3 Å². The Kier molecular flexibility index (Phi) is 5.11. The summed E-state index contributed by atoms with van der Waals surface area (Å²) in [5.41, 5.74) is 0.673. The maximum Gasteiger partial charge on any atom is 0.307 e. The van der Waals surface area contributed by atoms with Gasteiger partial charge < -0.3 is 9.84 Å². The molecular weight excluding hydrogens is 282 g/mol. The lowest BCUT2D eigenvalue weighted by molar-refractivity contribution is -0.140. The smallest absolute Gasteiger partial charge is 0.307 e. The van der Waals surface area contributed by atoms with E-state index in [1.54, 1.807) is 6.07 Å². The number of nitriles is 1. The number of ether oxygens (including phenoxy) is 1. The third kappa shape index (κ3) is 4.24. The van der Waals surface area contributed by atoms with Crippen LogP contribution >= 0.6 is 0 Å². The zero-order chi connectivity index (χ0) is 15.3. The summed E-state index contributed by atoms with van der Waals surface area (Å²) >= 11 is 0. The second-order valence-electron chi connectivity index (χ2n) is 4.44. The van der Waals surface area contributed by atoms with Crippen LogP contribution < -0.4 is 4.74 Å². The van der Waals surface area contributed by atoms with Gasteiger partial charge >= 0.3 is 5.97 Å². The first kappa shape index (κ1) is 16.0. The van der Waals surface area contributed by atoms with Crippen molar-refractivity contribution in [3.63, 3.8) is 0 Å². The van der Waals surface area contributed by atoms with Gasteiger partial charge in [0, 0.05) is 0 Å². The first-order valence-corrected chi connectivity index (χ1v) is 7.61. The van der Waals surface area contributed by atoms with Gasteiger partial charge in [-0.05, 0) is 17.7 Å². The monoisotopic (exact) mass is 297 g/mol. The minimum atomic E-state index is -3.55. The van der Waals surface area contributed by atoms with Crippen LogP contribution in [0.1, 0.15) is 18.1 Å². The van der Waals surface area contributed by atoms with Gasteiger partial charge in [-0.1, -0.05) is 13.0 Å². The van der Waals surface area contributed by atoms with Crippen molar-refractivity contribution >= 4 is 15.8 Å². The second-order valence-corrected chi connectivity index (χ2v) is 6.55. The van der Waals surface area contributed by atoms with Crippen molar-refractivity contribution in [3.05, 3.63) is 29.3 Å². The zero-order valence-corrected chi connectivity index (χ0v) is 12.0. The lowest BCUT2D eigenvalue weighted by Crippen LogP contribution is -2.22. The number of sulfone groups is 1. The van der Waals surface area contributed by atoms with E-state index in [-0.39, 0.29) is 11.3 Å². The molecule has 7 heteroatoms. The maximum absolute atomic E-state index is 11.9. The van der Waals surface area contributed by atoms with Crippen molar-refractivity contribution in [2.45, 2.75) is 12.7 Å². The number of benzene rings is 1. The molecule has 0 aliphatic heterocycles. The number of hydrogen-bond acceptors (Lipinski definition) is 5. The number of rotatable bonds is 6. The fraction of sp³-hybridized carbons (Fsp3) is 0.385. The zero-order valence-electron chi connectivity index (χ0n) is 11.2. The predicted molar refractivity (Wildman–Crippen MR) is 72.0 cm³/mol. The third-order valence-electron chi connectivity index (χ3n) is 2.70. The molecule has 0 saturated carbocycles. The average Bonchev–Trinajstić information content (AvgIpc) is 2.37. The van der Waals surface area contributed by atoms with E-state index in [2.05, 4.69) is 0 Å². The normalized spacial score (nSPS) is 12.4. The number of carboxylic acids is 1. The van der Waals surface area contributed by atoms with E-state index < -0.39 is 27.5 Å². The van der Waals surface area contributed by atoms with E-state index in [1.165, 1.54) is 26.2 Å². The Labute approximate surface area is 117 Å². The molecule has 108 valence electrons. The van der Waals surface area contributed by atoms with Crippen molar-refractivity contribution in [2.24, 2.45) is 5.92 Å². The molecule has 0 saturated heterocycles. The molecule has 0 aromatic heterocycles. The molecule has 1 aromatic carbocycles. The van der Waals surface area contributed by atoms with E-state index in [4.69, 9.17) is 15.1 Å². The Bertz CT molecular complexity index is 645. The summed E-state index contributed by atoms with van der Waals surface area (Å²) in [6, 6.07) is 6.41. The number of nitrogens with zero attached hydrogens (tertiary/aromatic N) is 1. The summed E-state index contributed by atoms with van der Waals surface area (Å²) in [6.45, 7) is 1.34. The quantitative estimate of drug-likeness (QED) is 0.846. The topological polar surface area (TPSA) is 104 Å². The van der Waals surface area contributed by atoms with Gasteiger partial charge in [-0.25, -0.2) is 8.42 Å². The van der Waals surface area contributed by atoms with E-state index in [1.807, 2.05) is 6.07 Å². The first-order valence-electron chi connectivity index (χ1n) is 5.79. The lowest BCUT2D eigenvalue weighted by Gasteiger charge is -2.09. The largest absolute Gasteiger partial charge is 0.495 e. The van der Waals surface area contributed by atoms with Crippen LogP contribution in [0.4, 0.5) is 0 Å². The maximum atomic E-state index is 11.9. The van der Waals surface area contributed by atoms with Crippen molar-refractivity contribution in [3.8, 4) is 11.8 Å². The van der Waals surface area contributed by atoms with Crippen LogP contribution in [0.5, 0.6) is 5.75 Å². The van der Waals surface area contributed by atoms with Gasteiger partial charge in [0.15, 0.2) is 9.84 Å². The average molecular weight is 297 g/mol.